The van der Waals surface area contributed by atoms with Crippen LogP contribution in [0.4, 0.5) is 4.39 Å². The van der Waals surface area contributed by atoms with Crippen LogP contribution in [0.5, 0.6) is 0 Å². The van der Waals surface area contributed by atoms with Crippen molar-refractivity contribution in [2.75, 3.05) is 0 Å². The second kappa shape index (κ2) is 7.60. The van der Waals surface area contributed by atoms with Gasteiger partial charge < -0.3 is 10.3 Å². The molecule has 8 nitrogen and oxygen atoms in total. The highest BCUT2D eigenvalue weighted by Gasteiger charge is 2.29. The predicted octanol–water partition coefficient (Wildman–Crippen LogP) is 2.36. The molecule has 3 heterocycles. The van der Waals surface area contributed by atoms with E-state index in [1.54, 1.807) is 28.2 Å². The van der Waals surface area contributed by atoms with Crippen LogP contribution in [0.25, 0.3) is 5.69 Å². The monoisotopic (exact) mass is 432 g/mol. The molecule has 1 amide bonds. The Kier molecular flexibility index (Phi) is 4.73. The molecular weight excluding hydrogens is 411 g/mol. The summed E-state index contributed by atoms with van der Waals surface area (Å²) in [6, 6.07) is 14.4. The van der Waals surface area contributed by atoms with Crippen LogP contribution < -0.4 is 11.4 Å². The van der Waals surface area contributed by atoms with E-state index in [1.165, 1.54) is 16.9 Å². The van der Waals surface area contributed by atoms with Crippen LogP contribution in [-0.2, 0) is 13.0 Å². The van der Waals surface area contributed by atoms with Crippen molar-refractivity contribution in [1.29, 1.82) is 0 Å². The summed E-state index contributed by atoms with van der Waals surface area (Å²) in [4.78, 5) is 28.5. The van der Waals surface area contributed by atoms with Gasteiger partial charge in [0.1, 0.15) is 23.2 Å². The van der Waals surface area contributed by atoms with Crippen molar-refractivity contribution < 1.29 is 9.18 Å². The van der Waals surface area contributed by atoms with Crippen molar-refractivity contribution in [3.63, 3.8) is 0 Å². The minimum absolute atomic E-state index is 0.0692. The first-order chi connectivity index (χ1) is 15.4. The minimum atomic E-state index is -0.635. The lowest BCUT2D eigenvalue weighted by atomic mass is 10.1. The first-order valence-corrected chi connectivity index (χ1v) is 10.3. The molecular formula is C23H21FN6O2. The number of aryl methyl sites for hydroxylation is 2. The molecule has 1 unspecified atom stereocenters. The molecule has 2 aromatic heterocycles. The SMILES string of the molecule is Cc1nc(C(N)=O)cn1Cc1ccc(-n2nc3n(c2=O)C(c2ccccc2)CC3)cc1F. The molecule has 1 atom stereocenters. The lowest BCUT2D eigenvalue weighted by Gasteiger charge is -2.12. The summed E-state index contributed by atoms with van der Waals surface area (Å²) >= 11 is 0. The molecule has 9 heteroatoms. The second-order valence-electron chi connectivity index (χ2n) is 7.89. The third-order valence-corrected chi connectivity index (χ3v) is 5.87. The highest BCUT2D eigenvalue weighted by molar-refractivity contribution is 5.90. The summed E-state index contributed by atoms with van der Waals surface area (Å²) < 4.78 is 19.5. The van der Waals surface area contributed by atoms with E-state index in [0.717, 1.165) is 12.0 Å². The number of primary amides is 1. The smallest absolute Gasteiger partial charge is 0.351 e. The number of carbonyl (C=O) groups excluding carboxylic acids is 1. The molecule has 0 radical (unpaired) electrons. The number of halogens is 1. The van der Waals surface area contributed by atoms with Gasteiger partial charge in [0.05, 0.1) is 18.3 Å². The molecule has 0 spiro atoms. The Morgan fingerprint density at radius 1 is 1.22 bits per heavy atom. The molecule has 5 rings (SSSR count). The van der Waals surface area contributed by atoms with E-state index in [2.05, 4.69) is 10.1 Å². The number of amides is 1. The van der Waals surface area contributed by atoms with Crippen LogP contribution in [0.3, 0.4) is 0 Å². The van der Waals surface area contributed by atoms with Gasteiger partial charge in [-0.05, 0) is 25.0 Å². The molecule has 0 fully saturated rings. The second-order valence-corrected chi connectivity index (χ2v) is 7.89. The van der Waals surface area contributed by atoms with Gasteiger partial charge in [0.25, 0.3) is 5.91 Å². The molecule has 32 heavy (non-hydrogen) atoms. The van der Waals surface area contributed by atoms with Crippen molar-refractivity contribution in [3.8, 4) is 5.69 Å². The maximum Gasteiger partial charge on any atom is 0.351 e. The molecule has 1 aliphatic heterocycles. The standard InChI is InChI=1S/C23H21FN6O2/c1-14-26-19(22(25)31)13-28(14)12-16-7-8-17(11-18(16)24)30-23(32)29-20(9-10-21(29)27-30)15-5-3-2-4-6-15/h2-8,11,13,20H,9-10,12H2,1H3,(H2,25,31). The van der Waals surface area contributed by atoms with Gasteiger partial charge in [-0.25, -0.2) is 14.2 Å². The minimum Gasteiger partial charge on any atom is -0.364 e. The van der Waals surface area contributed by atoms with Gasteiger partial charge in [0.2, 0.25) is 0 Å². The Bertz CT molecular complexity index is 1390. The van der Waals surface area contributed by atoms with Crippen LogP contribution in [0.15, 0.2) is 59.5 Å². The average Bonchev–Trinajstić information content (AvgIpc) is 3.45. The zero-order valence-electron chi connectivity index (χ0n) is 17.4. The first kappa shape index (κ1) is 19.9. The van der Waals surface area contributed by atoms with E-state index in [1.807, 2.05) is 30.3 Å². The van der Waals surface area contributed by atoms with E-state index in [9.17, 15) is 14.0 Å². The molecule has 0 saturated carbocycles. The van der Waals surface area contributed by atoms with Crippen LogP contribution in [0.2, 0.25) is 0 Å². The van der Waals surface area contributed by atoms with Gasteiger partial charge in [-0.1, -0.05) is 36.4 Å². The molecule has 0 saturated heterocycles. The predicted molar refractivity (Wildman–Crippen MR) is 115 cm³/mol. The maximum atomic E-state index is 14.9. The number of fused-ring (bicyclic) bond motifs is 1. The van der Waals surface area contributed by atoms with E-state index < -0.39 is 11.7 Å². The lowest BCUT2D eigenvalue weighted by molar-refractivity contribution is 0.0996. The fourth-order valence-corrected chi connectivity index (χ4v) is 4.22. The van der Waals surface area contributed by atoms with Crippen molar-refractivity contribution in [2.45, 2.75) is 32.4 Å². The van der Waals surface area contributed by atoms with E-state index in [-0.39, 0.29) is 24.0 Å². The van der Waals surface area contributed by atoms with Gasteiger partial charge in [0.15, 0.2) is 0 Å². The fourth-order valence-electron chi connectivity index (χ4n) is 4.22. The Labute approximate surface area is 182 Å². The van der Waals surface area contributed by atoms with Crippen molar-refractivity contribution in [1.82, 2.24) is 23.9 Å². The number of rotatable bonds is 5. The third kappa shape index (κ3) is 3.31. The summed E-state index contributed by atoms with van der Waals surface area (Å²) in [5.74, 6) is 0.136. The Morgan fingerprint density at radius 2 is 2.00 bits per heavy atom. The fraction of sp³-hybridized carbons (Fsp3) is 0.217. The number of aromatic nitrogens is 5. The third-order valence-electron chi connectivity index (χ3n) is 5.87. The van der Waals surface area contributed by atoms with E-state index in [4.69, 9.17) is 5.73 Å². The summed E-state index contributed by atoms with van der Waals surface area (Å²) in [5.41, 5.74) is 6.93. The summed E-state index contributed by atoms with van der Waals surface area (Å²) in [6.07, 6.45) is 3.00. The van der Waals surface area contributed by atoms with Crippen molar-refractivity contribution in [3.05, 3.63) is 99.5 Å². The quantitative estimate of drug-likeness (QED) is 0.523. The Hall–Kier alpha value is -4.01. The average molecular weight is 432 g/mol. The van der Waals surface area contributed by atoms with Crippen molar-refractivity contribution in [2.24, 2.45) is 5.73 Å². The first-order valence-electron chi connectivity index (χ1n) is 10.3. The van der Waals surface area contributed by atoms with Crippen LogP contribution in [-0.4, -0.2) is 29.8 Å². The normalized spacial score (nSPS) is 15.1. The zero-order chi connectivity index (χ0) is 22.4. The highest BCUT2D eigenvalue weighted by atomic mass is 19.1. The molecule has 2 aromatic carbocycles. The maximum absolute atomic E-state index is 14.9. The van der Waals surface area contributed by atoms with Gasteiger partial charge in [-0.3, -0.25) is 9.36 Å². The highest BCUT2D eigenvalue weighted by Crippen LogP contribution is 2.29. The van der Waals surface area contributed by atoms with Crippen LogP contribution >= 0.6 is 0 Å². The largest absolute Gasteiger partial charge is 0.364 e. The number of imidazole rings is 1. The summed E-state index contributed by atoms with van der Waals surface area (Å²) in [5, 5.41) is 4.46. The molecule has 0 aliphatic carbocycles. The van der Waals surface area contributed by atoms with Gasteiger partial charge >= 0.3 is 5.69 Å². The van der Waals surface area contributed by atoms with Gasteiger partial charge in [0, 0.05) is 24.2 Å². The zero-order valence-corrected chi connectivity index (χ0v) is 17.4. The molecule has 1 aliphatic rings. The Balaban J connectivity index is 1.46. The summed E-state index contributed by atoms with van der Waals surface area (Å²) in [6.45, 7) is 1.90. The number of carbonyl (C=O) groups is 1. The van der Waals surface area contributed by atoms with E-state index in [0.29, 0.717) is 29.3 Å². The van der Waals surface area contributed by atoms with Crippen LogP contribution in [0.1, 0.15) is 45.7 Å². The molecule has 4 aromatic rings. The van der Waals surface area contributed by atoms with Gasteiger partial charge in [-0.2, -0.15) is 4.68 Å². The number of nitrogens with zero attached hydrogens (tertiary/aromatic N) is 5. The lowest BCUT2D eigenvalue weighted by Crippen LogP contribution is -2.26. The van der Waals surface area contributed by atoms with Gasteiger partial charge in [-0.15, -0.1) is 5.10 Å². The topological polar surface area (TPSA) is 101 Å². The number of nitrogens with two attached hydrogens (primary N) is 1. The number of benzene rings is 2. The molecule has 2 N–H and O–H groups in total. The molecule has 0 bridgehead atoms. The van der Waals surface area contributed by atoms with Crippen LogP contribution in [0, 0.1) is 12.7 Å². The summed E-state index contributed by atoms with van der Waals surface area (Å²) in [7, 11) is 0. The number of hydrogen-bond donors (Lipinski definition) is 1. The number of hydrogen-bond acceptors (Lipinski definition) is 4. The van der Waals surface area contributed by atoms with Crippen molar-refractivity contribution >= 4 is 5.91 Å². The molecule has 162 valence electrons. The van der Waals surface area contributed by atoms with E-state index >= 15 is 0 Å². The Morgan fingerprint density at radius 3 is 2.69 bits per heavy atom.